The van der Waals surface area contributed by atoms with Crippen LogP contribution in [0.25, 0.3) is 0 Å². The third-order valence-electron chi connectivity index (χ3n) is 14.2. The van der Waals surface area contributed by atoms with E-state index in [1.807, 2.05) is 0 Å². The van der Waals surface area contributed by atoms with Gasteiger partial charge in [-0.25, -0.2) is 0 Å². The van der Waals surface area contributed by atoms with Crippen molar-refractivity contribution in [2.75, 3.05) is 6.61 Å². The Morgan fingerprint density at radius 3 is 2.09 bits per heavy atom. The van der Waals surface area contributed by atoms with Crippen molar-refractivity contribution in [3.63, 3.8) is 0 Å². The van der Waals surface area contributed by atoms with Crippen LogP contribution in [0.15, 0.2) is 0 Å². The maximum absolute atomic E-state index is 11.9. The van der Waals surface area contributed by atoms with Gasteiger partial charge in [0.1, 0.15) is 24.4 Å². The Morgan fingerprint density at radius 1 is 0.830 bits per heavy atom. The van der Waals surface area contributed by atoms with Crippen molar-refractivity contribution < 1.29 is 55.1 Å². The van der Waals surface area contributed by atoms with Crippen molar-refractivity contribution in [2.45, 2.75) is 185 Å². The molecule has 8 N–H and O–H groups in total. The van der Waals surface area contributed by atoms with Crippen molar-refractivity contribution in [3.8, 4) is 0 Å². The molecule has 11 nitrogen and oxygen atoms in total. The summed E-state index contributed by atoms with van der Waals surface area (Å²) in [5, 5.41) is 84.8. The van der Waals surface area contributed by atoms with Gasteiger partial charge in [-0.1, -0.05) is 27.7 Å². The van der Waals surface area contributed by atoms with Crippen LogP contribution in [-0.4, -0.2) is 119 Å². The topological polar surface area (TPSA) is 190 Å². The summed E-state index contributed by atoms with van der Waals surface area (Å²) in [5.74, 6) is 0.352. The van der Waals surface area contributed by atoms with Gasteiger partial charge in [-0.3, -0.25) is 0 Å². The first-order chi connectivity index (χ1) is 21.5. The lowest BCUT2D eigenvalue weighted by Gasteiger charge is -2.64. The van der Waals surface area contributed by atoms with E-state index >= 15 is 0 Å². The molecule has 0 bridgehead atoms. The van der Waals surface area contributed by atoms with Gasteiger partial charge in [-0.15, -0.1) is 0 Å². The van der Waals surface area contributed by atoms with Crippen LogP contribution in [0.2, 0.25) is 0 Å². The summed E-state index contributed by atoms with van der Waals surface area (Å²) in [6, 6.07) is 0. The van der Waals surface area contributed by atoms with Gasteiger partial charge in [-0.2, -0.15) is 0 Å². The predicted molar refractivity (Wildman–Crippen MR) is 173 cm³/mol. The Hall–Kier alpha value is -0.440. The Balaban J connectivity index is 1.31. The molecule has 2 saturated heterocycles. The van der Waals surface area contributed by atoms with Crippen LogP contribution in [0, 0.1) is 34.0 Å². The minimum atomic E-state index is -1.49. The number of fused-ring (bicyclic) bond motifs is 3. The minimum absolute atomic E-state index is 0.103. The molecule has 0 spiro atoms. The zero-order valence-electron chi connectivity index (χ0n) is 29.8. The molecule has 5 rings (SSSR count). The molecule has 16 atom stereocenters. The van der Waals surface area contributed by atoms with Crippen LogP contribution in [0.3, 0.4) is 0 Å². The van der Waals surface area contributed by atoms with Gasteiger partial charge in [0, 0.05) is 5.92 Å². The van der Waals surface area contributed by atoms with Crippen LogP contribution < -0.4 is 0 Å². The summed E-state index contributed by atoms with van der Waals surface area (Å²) < 4.78 is 18.9. The molecule has 0 amide bonds. The highest BCUT2D eigenvalue weighted by Crippen LogP contribution is 2.72. The molecule has 11 heteroatoms. The monoisotopic (exact) mass is 672 g/mol. The van der Waals surface area contributed by atoms with Crippen molar-refractivity contribution in [3.05, 3.63) is 0 Å². The average Bonchev–Trinajstić information content (AvgIpc) is 3.50. The molecule has 0 aromatic rings. The number of hydrogen-bond donors (Lipinski definition) is 8. The Kier molecular flexibility index (Phi) is 10.2. The molecule has 2 unspecified atom stereocenters. The highest BCUT2D eigenvalue weighted by atomic mass is 16.7. The maximum atomic E-state index is 11.9. The summed E-state index contributed by atoms with van der Waals surface area (Å²) in [7, 11) is 0. The van der Waals surface area contributed by atoms with E-state index < -0.39 is 72.4 Å². The molecule has 0 aromatic carbocycles. The molecule has 2 heterocycles. The van der Waals surface area contributed by atoms with Gasteiger partial charge in [0.05, 0.1) is 47.8 Å². The second-order valence-electron chi connectivity index (χ2n) is 18.1. The zero-order valence-corrected chi connectivity index (χ0v) is 29.8. The van der Waals surface area contributed by atoms with Gasteiger partial charge in [-0.05, 0) is 114 Å². The van der Waals surface area contributed by atoms with Crippen LogP contribution in [-0.2, 0) is 14.2 Å². The smallest absolute Gasteiger partial charge is 0.186 e. The van der Waals surface area contributed by atoms with E-state index in [4.69, 9.17) is 14.2 Å². The number of rotatable bonds is 9. The van der Waals surface area contributed by atoms with Crippen molar-refractivity contribution >= 4 is 0 Å². The van der Waals surface area contributed by atoms with Crippen LogP contribution >= 0.6 is 0 Å². The van der Waals surface area contributed by atoms with E-state index in [1.54, 1.807) is 20.8 Å². The van der Waals surface area contributed by atoms with E-state index in [0.717, 1.165) is 19.3 Å². The van der Waals surface area contributed by atoms with Crippen LogP contribution in [0.5, 0.6) is 0 Å². The third-order valence-corrected chi connectivity index (χ3v) is 14.2. The zero-order chi connectivity index (χ0) is 35.1. The number of hydrogen-bond acceptors (Lipinski definition) is 11. The average molecular weight is 673 g/mol. The summed E-state index contributed by atoms with van der Waals surface area (Å²) in [5.41, 5.74) is -3.71. The van der Waals surface area contributed by atoms with Crippen LogP contribution in [0.4, 0.5) is 0 Å². The highest BCUT2D eigenvalue weighted by molar-refractivity contribution is 5.18. The largest absolute Gasteiger partial charge is 0.394 e. The lowest BCUT2D eigenvalue weighted by molar-refractivity contribution is -0.329. The Bertz CT molecular complexity index is 1110. The lowest BCUT2D eigenvalue weighted by Crippen LogP contribution is -2.63. The maximum Gasteiger partial charge on any atom is 0.186 e. The third kappa shape index (κ3) is 6.36. The summed E-state index contributed by atoms with van der Waals surface area (Å²) in [6.07, 6.45) is -2.91. The number of aliphatic hydroxyl groups is 8. The fourth-order valence-electron chi connectivity index (χ4n) is 11.5. The molecule has 274 valence electrons. The quantitative estimate of drug-likeness (QED) is 0.167. The Morgan fingerprint density at radius 2 is 1.47 bits per heavy atom. The van der Waals surface area contributed by atoms with Crippen molar-refractivity contribution in [1.82, 2.24) is 0 Å². The predicted octanol–water partition coefficient (Wildman–Crippen LogP) is 2.01. The molecular formula is C36H64O11. The summed E-state index contributed by atoms with van der Waals surface area (Å²) in [4.78, 5) is 0. The number of aliphatic hydroxyl groups excluding tert-OH is 6. The molecule has 3 aliphatic carbocycles. The summed E-state index contributed by atoms with van der Waals surface area (Å²) in [6.45, 7) is 15.5. The van der Waals surface area contributed by atoms with Gasteiger partial charge in [0.15, 0.2) is 6.29 Å². The molecule has 3 saturated carbocycles. The van der Waals surface area contributed by atoms with Crippen molar-refractivity contribution in [1.29, 1.82) is 0 Å². The van der Waals surface area contributed by atoms with Gasteiger partial charge in [0.2, 0.25) is 0 Å². The lowest BCUT2D eigenvalue weighted by atomic mass is 9.42. The molecule has 5 fully saturated rings. The SMILES string of the molecule is CC(C)(O)C(O)CC[C@](C)(O)[C@H]1CC[C@](C)([C@@H]2C(O)C[C@H]3[C@@]2(C)CC[C@H]2C(C)(C)[C@@H](O[C@@H]4O[C@H](CO)[C@@H](O)[C@H](O)[C@H]4O)CC[C@]32C)O1. The fourth-order valence-corrected chi connectivity index (χ4v) is 11.5. The molecule has 47 heavy (non-hydrogen) atoms. The molecule has 0 aromatic heterocycles. The Labute approximate surface area is 280 Å². The number of ether oxygens (including phenoxy) is 3. The van der Waals surface area contributed by atoms with E-state index in [2.05, 4.69) is 34.6 Å². The van der Waals surface area contributed by atoms with E-state index in [0.29, 0.717) is 25.7 Å². The normalized spacial score (nSPS) is 50.4. The molecular weight excluding hydrogens is 608 g/mol. The second-order valence-corrected chi connectivity index (χ2v) is 18.1. The van der Waals surface area contributed by atoms with E-state index in [9.17, 15) is 40.9 Å². The fraction of sp³-hybridized carbons (Fsp3) is 1.00. The highest BCUT2D eigenvalue weighted by Gasteiger charge is 2.69. The first-order valence-electron chi connectivity index (χ1n) is 18.0. The van der Waals surface area contributed by atoms with E-state index in [1.165, 1.54) is 0 Å². The standard InChI is InChI=1S/C36H64O11/c1-31(2)21-9-13-34(6)22(33(21,5)14-11-24(31)46-30-28(42)27(41)26(40)20(18-37)45-30)17-19(38)29(34)36(8)16-12-25(47-36)35(7,44)15-10-23(39)32(3,4)43/h19-30,37-44H,9-18H2,1-8H3/t19?,20-,21+,22-,23?,24+,25-,26-,27+,28-,29-,30+,33+,34-,35+,36-/m1/s1. The van der Waals surface area contributed by atoms with Gasteiger partial charge >= 0.3 is 0 Å². The molecule has 0 radical (unpaired) electrons. The van der Waals surface area contributed by atoms with Crippen molar-refractivity contribution in [2.24, 2.45) is 34.0 Å². The second kappa shape index (κ2) is 12.7. The minimum Gasteiger partial charge on any atom is -0.394 e. The van der Waals surface area contributed by atoms with E-state index in [-0.39, 0.29) is 52.9 Å². The van der Waals surface area contributed by atoms with Gasteiger partial charge in [0.25, 0.3) is 0 Å². The molecule has 5 aliphatic rings. The first kappa shape index (κ1) is 37.8. The van der Waals surface area contributed by atoms with Gasteiger partial charge < -0.3 is 55.1 Å². The first-order valence-corrected chi connectivity index (χ1v) is 18.0. The molecule has 2 aliphatic heterocycles. The van der Waals surface area contributed by atoms with Crippen LogP contribution in [0.1, 0.15) is 113 Å². The summed E-state index contributed by atoms with van der Waals surface area (Å²) >= 11 is 0.